The van der Waals surface area contributed by atoms with Crippen LogP contribution in [0, 0.1) is 0 Å². The van der Waals surface area contributed by atoms with Crippen LogP contribution in [0.4, 0.5) is 0 Å². The maximum Gasteiger partial charge on any atom is 0.238 e. The Kier molecular flexibility index (Phi) is 4.13. The Bertz CT molecular complexity index is 643. The molecule has 2 N–H and O–H groups in total. The maximum absolute atomic E-state index is 12.0. The summed E-state index contributed by atoms with van der Waals surface area (Å²) in [4.78, 5) is 18.5. The summed E-state index contributed by atoms with van der Waals surface area (Å²) in [7, 11) is 1.69. The number of piperazine rings is 1. The largest absolute Gasteiger partial charge is 0.358 e. The van der Waals surface area contributed by atoms with Crippen LogP contribution < -0.4 is 10.6 Å². The predicted octanol–water partition coefficient (Wildman–Crippen LogP) is 0.755. The molecule has 1 aromatic carbocycles. The number of likely N-dealkylation sites (N-methyl/N-ethyl adjacent to an activating group) is 1. The van der Waals surface area contributed by atoms with E-state index in [1.165, 1.54) is 5.56 Å². The van der Waals surface area contributed by atoms with Crippen LogP contribution in [0.1, 0.15) is 5.56 Å². The molecule has 1 aliphatic rings. The molecule has 2 heterocycles. The van der Waals surface area contributed by atoms with Crippen molar-refractivity contribution in [2.75, 3.05) is 26.7 Å². The van der Waals surface area contributed by atoms with Gasteiger partial charge in [-0.25, -0.2) is 0 Å². The standard InChI is InChI=1S/C16H20N4O/c1-17-16(21)15-10-18-7-8-20(15)11-12-4-5-14-13(9-12)3-2-6-19-14/h2-6,9,15,18H,7-8,10-11H2,1H3,(H,17,21). The predicted molar refractivity (Wildman–Crippen MR) is 82.9 cm³/mol. The fourth-order valence-corrected chi connectivity index (χ4v) is 2.82. The van der Waals surface area contributed by atoms with Gasteiger partial charge in [-0.05, 0) is 23.8 Å². The Morgan fingerprint density at radius 3 is 3.24 bits per heavy atom. The summed E-state index contributed by atoms with van der Waals surface area (Å²) < 4.78 is 0. The summed E-state index contributed by atoms with van der Waals surface area (Å²) in [5, 5.41) is 7.17. The number of carbonyl (C=O) groups excluding carboxylic acids is 1. The SMILES string of the molecule is CNC(=O)C1CNCCN1Cc1ccc2ncccc2c1. The van der Waals surface area contributed by atoms with Crippen LogP contribution in [-0.4, -0.2) is 48.5 Å². The molecule has 0 aliphatic carbocycles. The summed E-state index contributed by atoms with van der Waals surface area (Å²) in [6, 6.07) is 10.2. The zero-order valence-electron chi connectivity index (χ0n) is 12.2. The first-order valence-electron chi connectivity index (χ1n) is 7.28. The summed E-state index contributed by atoms with van der Waals surface area (Å²) >= 11 is 0. The highest BCUT2D eigenvalue weighted by Gasteiger charge is 2.27. The summed E-state index contributed by atoms with van der Waals surface area (Å²) in [5.41, 5.74) is 2.22. The van der Waals surface area contributed by atoms with Crippen molar-refractivity contribution in [3.63, 3.8) is 0 Å². The first-order valence-corrected chi connectivity index (χ1v) is 7.28. The normalized spacial score (nSPS) is 19.6. The molecular formula is C16H20N4O. The van der Waals surface area contributed by atoms with Crippen molar-refractivity contribution in [3.8, 4) is 0 Å². The van der Waals surface area contributed by atoms with Gasteiger partial charge in [0.15, 0.2) is 0 Å². The van der Waals surface area contributed by atoms with E-state index in [0.29, 0.717) is 6.54 Å². The lowest BCUT2D eigenvalue weighted by Crippen LogP contribution is -2.56. The zero-order chi connectivity index (χ0) is 14.7. The molecule has 5 heteroatoms. The molecule has 0 saturated carbocycles. The van der Waals surface area contributed by atoms with Gasteiger partial charge >= 0.3 is 0 Å². The number of aromatic nitrogens is 1. The van der Waals surface area contributed by atoms with Crippen LogP contribution in [0.15, 0.2) is 36.5 Å². The minimum absolute atomic E-state index is 0.0738. The Labute approximate surface area is 124 Å². The highest BCUT2D eigenvalue weighted by Crippen LogP contribution is 2.16. The van der Waals surface area contributed by atoms with Crippen molar-refractivity contribution in [2.45, 2.75) is 12.6 Å². The fraction of sp³-hybridized carbons (Fsp3) is 0.375. The summed E-state index contributed by atoms with van der Waals surface area (Å²) in [6.07, 6.45) is 1.81. The molecule has 1 unspecified atom stereocenters. The third-order valence-electron chi connectivity index (χ3n) is 3.96. The average molecular weight is 284 g/mol. The number of carbonyl (C=O) groups is 1. The number of fused-ring (bicyclic) bond motifs is 1. The number of rotatable bonds is 3. The van der Waals surface area contributed by atoms with E-state index >= 15 is 0 Å². The van der Waals surface area contributed by atoms with Gasteiger partial charge in [-0.1, -0.05) is 12.1 Å². The van der Waals surface area contributed by atoms with Gasteiger partial charge in [0.25, 0.3) is 0 Å². The molecule has 5 nitrogen and oxygen atoms in total. The highest BCUT2D eigenvalue weighted by molar-refractivity contribution is 5.82. The fourth-order valence-electron chi connectivity index (χ4n) is 2.82. The van der Waals surface area contributed by atoms with Crippen molar-refractivity contribution >= 4 is 16.8 Å². The molecule has 1 fully saturated rings. The second kappa shape index (κ2) is 6.20. The number of nitrogens with zero attached hydrogens (tertiary/aromatic N) is 2. The second-order valence-electron chi connectivity index (χ2n) is 5.34. The lowest BCUT2D eigenvalue weighted by atomic mass is 10.1. The van der Waals surface area contributed by atoms with Crippen molar-refractivity contribution < 1.29 is 4.79 Å². The Hall–Kier alpha value is -1.98. The van der Waals surface area contributed by atoms with E-state index in [2.05, 4.69) is 38.7 Å². The first-order chi connectivity index (χ1) is 10.3. The molecule has 3 rings (SSSR count). The summed E-state index contributed by atoms with van der Waals surface area (Å²) in [6.45, 7) is 3.28. The number of nitrogens with one attached hydrogen (secondary N) is 2. The minimum Gasteiger partial charge on any atom is -0.358 e. The molecule has 1 atom stereocenters. The molecule has 1 saturated heterocycles. The number of amides is 1. The Morgan fingerprint density at radius 2 is 2.38 bits per heavy atom. The van der Waals surface area contributed by atoms with Crippen molar-refractivity contribution in [3.05, 3.63) is 42.1 Å². The van der Waals surface area contributed by atoms with Gasteiger partial charge in [0, 0.05) is 44.8 Å². The molecule has 21 heavy (non-hydrogen) atoms. The van der Waals surface area contributed by atoms with E-state index in [4.69, 9.17) is 0 Å². The molecule has 0 radical (unpaired) electrons. The number of benzene rings is 1. The van der Waals surface area contributed by atoms with Gasteiger partial charge in [0.1, 0.15) is 6.04 Å². The maximum atomic E-state index is 12.0. The van der Waals surface area contributed by atoms with Crippen molar-refractivity contribution in [1.29, 1.82) is 0 Å². The third-order valence-corrected chi connectivity index (χ3v) is 3.96. The van der Waals surface area contributed by atoms with Gasteiger partial charge < -0.3 is 10.6 Å². The van der Waals surface area contributed by atoms with Crippen molar-refractivity contribution in [1.82, 2.24) is 20.5 Å². The van der Waals surface area contributed by atoms with Gasteiger partial charge in [0.2, 0.25) is 5.91 Å². The lowest BCUT2D eigenvalue weighted by Gasteiger charge is -2.34. The van der Waals surface area contributed by atoms with Gasteiger partial charge in [-0.2, -0.15) is 0 Å². The summed E-state index contributed by atoms with van der Waals surface area (Å²) in [5.74, 6) is 0.0738. The molecule has 1 aliphatic heterocycles. The molecule has 0 bridgehead atoms. The van der Waals surface area contributed by atoms with E-state index in [1.54, 1.807) is 13.2 Å². The molecular weight excluding hydrogens is 264 g/mol. The third kappa shape index (κ3) is 3.04. The average Bonchev–Trinajstić information content (AvgIpc) is 2.54. The molecule has 2 aromatic rings. The topological polar surface area (TPSA) is 57.3 Å². The monoisotopic (exact) mass is 284 g/mol. The van der Waals surface area contributed by atoms with Gasteiger partial charge in [-0.15, -0.1) is 0 Å². The van der Waals surface area contributed by atoms with Crippen LogP contribution in [0.3, 0.4) is 0 Å². The van der Waals surface area contributed by atoms with Gasteiger partial charge in [-0.3, -0.25) is 14.7 Å². The van der Waals surface area contributed by atoms with Crippen LogP contribution in [-0.2, 0) is 11.3 Å². The molecule has 110 valence electrons. The van der Waals surface area contributed by atoms with Crippen molar-refractivity contribution in [2.24, 2.45) is 0 Å². The van der Waals surface area contributed by atoms with Gasteiger partial charge in [0.05, 0.1) is 5.52 Å². The Morgan fingerprint density at radius 1 is 1.48 bits per heavy atom. The van der Waals surface area contributed by atoms with Crippen LogP contribution in [0.2, 0.25) is 0 Å². The Balaban J connectivity index is 1.80. The molecule has 0 spiro atoms. The quantitative estimate of drug-likeness (QED) is 0.873. The molecule has 1 aromatic heterocycles. The van der Waals surface area contributed by atoms with E-state index in [9.17, 15) is 4.79 Å². The number of hydrogen-bond donors (Lipinski definition) is 2. The second-order valence-corrected chi connectivity index (χ2v) is 5.34. The smallest absolute Gasteiger partial charge is 0.238 e. The van der Waals surface area contributed by atoms with E-state index in [-0.39, 0.29) is 11.9 Å². The molecule has 1 amide bonds. The zero-order valence-corrected chi connectivity index (χ0v) is 12.2. The highest BCUT2D eigenvalue weighted by atomic mass is 16.2. The first kappa shape index (κ1) is 14.0. The van der Waals surface area contributed by atoms with Crippen LogP contribution >= 0.6 is 0 Å². The van der Waals surface area contributed by atoms with Crippen LogP contribution in [0.25, 0.3) is 10.9 Å². The lowest BCUT2D eigenvalue weighted by molar-refractivity contribution is -0.126. The van der Waals surface area contributed by atoms with E-state index in [0.717, 1.165) is 30.5 Å². The van der Waals surface area contributed by atoms with Crippen LogP contribution in [0.5, 0.6) is 0 Å². The number of pyridine rings is 1. The van der Waals surface area contributed by atoms with E-state index in [1.807, 2.05) is 12.1 Å². The van der Waals surface area contributed by atoms with E-state index < -0.39 is 0 Å². The minimum atomic E-state index is -0.103. The number of hydrogen-bond acceptors (Lipinski definition) is 4.